The number of likely N-dealkylation sites (N-methyl/N-ethyl adjacent to an activating group) is 1. The Balaban J connectivity index is 1.53. The molecule has 2 N–H and O–H groups in total. The summed E-state index contributed by atoms with van der Waals surface area (Å²) in [6.45, 7) is 13.6. The Morgan fingerprint density at radius 2 is 1.82 bits per heavy atom. The van der Waals surface area contributed by atoms with Crippen LogP contribution >= 0.6 is 0 Å². The SMILES string of the molecule is CN[C@@]12CC[C@]3(C)C(=CC(=O)[C@@H]4[C@@H]5CC(C)(C)C[C@@H](C(=O)O)C5CC[C@]43C)[C@@]1(C)Cc1cnoc1[C@@]2(C)OC=O. The molecule has 0 saturated heterocycles. The van der Waals surface area contributed by atoms with Gasteiger partial charge in [0.2, 0.25) is 0 Å². The van der Waals surface area contributed by atoms with Crippen LogP contribution in [0.3, 0.4) is 0 Å². The maximum atomic E-state index is 14.5. The minimum absolute atomic E-state index is 0.0280. The number of nitrogens with one attached hydrogen (secondary N) is 1. The van der Waals surface area contributed by atoms with Gasteiger partial charge in [0.15, 0.2) is 17.1 Å². The number of rotatable bonds is 4. The maximum absolute atomic E-state index is 14.5. The Morgan fingerprint density at radius 3 is 2.48 bits per heavy atom. The van der Waals surface area contributed by atoms with Gasteiger partial charge >= 0.3 is 5.97 Å². The number of carboxylic acids is 1. The van der Waals surface area contributed by atoms with Gasteiger partial charge in [-0.05, 0) is 93.1 Å². The van der Waals surface area contributed by atoms with Crippen LogP contribution < -0.4 is 5.32 Å². The third kappa shape index (κ3) is 3.06. The summed E-state index contributed by atoms with van der Waals surface area (Å²) >= 11 is 0. The van der Waals surface area contributed by atoms with Crippen LogP contribution in [-0.4, -0.2) is 41.1 Å². The molecule has 218 valence electrons. The molecule has 0 spiro atoms. The van der Waals surface area contributed by atoms with Gasteiger partial charge in [-0.25, -0.2) is 0 Å². The lowest BCUT2D eigenvalue weighted by Crippen LogP contribution is -2.76. The fraction of sp³-hybridized carbons (Fsp3) is 0.750. The highest BCUT2D eigenvalue weighted by Gasteiger charge is 2.75. The molecule has 8 heteroatoms. The molecule has 1 heterocycles. The third-order valence-corrected chi connectivity index (χ3v) is 13.2. The first-order chi connectivity index (χ1) is 18.6. The lowest BCUT2D eigenvalue weighted by Gasteiger charge is -2.71. The lowest BCUT2D eigenvalue weighted by atomic mass is 9.34. The molecule has 40 heavy (non-hydrogen) atoms. The van der Waals surface area contributed by atoms with Crippen molar-refractivity contribution >= 4 is 18.2 Å². The number of ketones is 1. The predicted octanol–water partition coefficient (Wildman–Crippen LogP) is 5.06. The predicted molar refractivity (Wildman–Crippen MR) is 147 cm³/mol. The summed E-state index contributed by atoms with van der Waals surface area (Å²) in [5.41, 5.74) is -1.14. The normalized spacial score (nSPS) is 47.0. The first-order valence-corrected chi connectivity index (χ1v) is 14.9. The summed E-state index contributed by atoms with van der Waals surface area (Å²) in [5, 5.41) is 17.9. The highest BCUT2D eigenvalue weighted by molar-refractivity contribution is 5.95. The molecule has 9 atom stereocenters. The molecule has 1 unspecified atom stereocenters. The van der Waals surface area contributed by atoms with Crippen molar-refractivity contribution in [2.45, 2.75) is 97.6 Å². The van der Waals surface area contributed by atoms with Crippen LogP contribution in [0.4, 0.5) is 0 Å². The smallest absolute Gasteiger partial charge is 0.306 e. The first kappa shape index (κ1) is 27.7. The molecule has 0 radical (unpaired) electrons. The molecular weight excluding hydrogens is 508 g/mol. The number of aliphatic carboxylic acids is 1. The van der Waals surface area contributed by atoms with E-state index in [4.69, 9.17) is 9.26 Å². The number of nitrogens with zero attached hydrogens (tertiary/aromatic N) is 1. The standard InChI is InChI=1S/C32H44N2O6/c1-27(2)14-20-19(21(15-27)26(37)38)8-9-29(4)24(20)22(36)12-23-28(29,3)10-11-32(33-7)30(23,5)13-18-16-34-40-25(18)31(32,6)39-17-35/h12,16-17,19-21,24,33H,8-11,13-15H2,1-7H3,(H,37,38)/t19?,20-,21-,24+,28-,29-,30-,31-,32+/m1/s1. The van der Waals surface area contributed by atoms with Gasteiger partial charge in [-0.3, -0.25) is 14.4 Å². The van der Waals surface area contributed by atoms with Crippen LogP contribution in [-0.2, 0) is 31.1 Å². The van der Waals surface area contributed by atoms with Crippen molar-refractivity contribution in [1.29, 1.82) is 0 Å². The number of fused-ring (bicyclic) bond motifs is 8. The van der Waals surface area contributed by atoms with E-state index in [1.807, 2.05) is 20.0 Å². The van der Waals surface area contributed by atoms with Gasteiger partial charge in [0.05, 0.1) is 17.7 Å². The summed E-state index contributed by atoms with van der Waals surface area (Å²) in [7, 11) is 1.91. The lowest BCUT2D eigenvalue weighted by molar-refractivity contribution is -0.196. The van der Waals surface area contributed by atoms with Crippen LogP contribution in [0.5, 0.6) is 0 Å². The number of hydrogen-bond acceptors (Lipinski definition) is 7. The van der Waals surface area contributed by atoms with Gasteiger partial charge in [0, 0.05) is 16.9 Å². The van der Waals surface area contributed by atoms with E-state index < -0.39 is 28.4 Å². The first-order valence-electron chi connectivity index (χ1n) is 14.9. The van der Waals surface area contributed by atoms with Crippen molar-refractivity contribution in [2.75, 3.05) is 7.05 Å². The van der Waals surface area contributed by atoms with Gasteiger partial charge in [-0.1, -0.05) is 45.3 Å². The number of ether oxygens (including phenoxy) is 1. The molecule has 3 fully saturated rings. The van der Waals surface area contributed by atoms with E-state index in [1.165, 1.54) is 0 Å². The Hall–Kier alpha value is -2.48. The molecule has 5 aliphatic rings. The minimum atomic E-state index is -1.12. The molecular formula is C32H44N2O6. The molecule has 3 saturated carbocycles. The molecule has 8 nitrogen and oxygen atoms in total. The second kappa shape index (κ2) is 8.30. The highest BCUT2D eigenvalue weighted by atomic mass is 16.6. The average Bonchev–Trinajstić information content (AvgIpc) is 3.33. The van der Waals surface area contributed by atoms with Crippen LogP contribution in [0, 0.1) is 45.3 Å². The summed E-state index contributed by atoms with van der Waals surface area (Å²) in [6.07, 6.45) is 8.97. The van der Waals surface area contributed by atoms with Gasteiger partial charge in [0.1, 0.15) is 0 Å². The number of allylic oxidation sites excluding steroid dienone is 1. The molecule has 1 aromatic heterocycles. The van der Waals surface area contributed by atoms with E-state index in [9.17, 15) is 19.5 Å². The summed E-state index contributed by atoms with van der Waals surface area (Å²) in [4.78, 5) is 38.8. The van der Waals surface area contributed by atoms with Crippen LogP contribution in [0.2, 0.25) is 0 Å². The van der Waals surface area contributed by atoms with Crippen molar-refractivity contribution in [3.63, 3.8) is 0 Å². The average molecular weight is 553 g/mol. The zero-order valence-corrected chi connectivity index (χ0v) is 24.9. The quantitative estimate of drug-likeness (QED) is 0.498. The fourth-order valence-corrected chi connectivity index (χ4v) is 11.3. The van der Waals surface area contributed by atoms with E-state index >= 15 is 0 Å². The van der Waals surface area contributed by atoms with Gasteiger partial charge < -0.3 is 19.7 Å². The van der Waals surface area contributed by atoms with Crippen LogP contribution in [0.15, 0.2) is 22.4 Å². The number of carboxylic acid groups (broad SMARTS) is 1. The zero-order valence-electron chi connectivity index (χ0n) is 24.9. The molecule has 0 aliphatic heterocycles. The number of carbonyl (C=O) groups excluding carboxylic acids is 2. The Bertz CT molecular complexity index is 1320. The van der Waals surface area contributed by atoms with E-state index in [2.05, 4.69) is 45.1 Å². The molecule has 0 aromatic carbocycles. The number of aromatic nitrogens is 1. The van der Waals surface area contributed by atoms with E-state index in [-0.39, 0.29) is 39.8 Å². The highest BCUT2D eigenvalue weighted by Crippen LogP contribution is 2.74. The van der Waals surface area contributed by atoms with Crippen molar-refractivity contribution in [1.82, 2.24) is 10.5 Å². The van der Waals surface area contributed by atoms with E-state index in [0.29, 0.717) is 31.5 Å². The van der Waals surface area contributed by atoms with Crippen LogP contribution in [0.1, 0.15) is 91.4 Å². The van der Waals surface area contributed by atoms with E-state index in [0.717, 1.165) is 36.8 Å². The number of hydrogen-bond donors (Lipinski definition) is 2. The fourth-order valence-electron chi connectivity index (χ4n) is 11.3. The van der Waals surface area contributed by atoms with Crippen LogP contribution in [0.25, 0.3) is 0 Å². The summed E-state index contributed by atoms with van der Waals surface area (Å²) < 4.78 is 11.7. The summed E-state index contributed by atoms with van der Waals surface area (Å²) in [6, 6.07) is 0. The van der Waals surface area contributed by atoms with Gasteiger partial charge in [-0.15, -0.1) is 0 Å². The maximum Gasteiger partial charge on any atom is 0.306 e. The Morgan fingerprint density at radius 1 is 1.10 bits per heavy atom. The Labute approximate surface area is 236 Å². The molecule has 0 amide bonds. The van der Waals surface area contributed by atoms with Crippen molar-refractivity contribution in [2.24, 2.45) is 45.3 Å². The monoisotopic (exact) mass is 552 g/mol. The third-order valence-electron chi connectivity index (χ3n) is 13.2. The largest absolute Gasteiger partial charge is 0.481 e. The zero-order chi connectivity index (χ0) is 29.1. The van der Waals surface area contributed by atoms with E-state index in [1.54, 1.807) is 6.20 Å². The molecule has 0 bridgehead atoms. The van der Waals surface area contributed by atoms with Gasteiger partial charge in [-0.2, -0.15) is 0 Å². The summed E-state index contributed by atoms with van der Waals surface area (Å²) in [5.74, 6) is -0.562. The number of carbonyl (C=O) groups is 3. The minimum Gasteiger partial charge on any atom is -0.481 e. The molecule has 1 aromatic rings. The van der Waals surface area contributed by atoms with Gasteiger partial charge in [0.25, 0.3) is 6.47 Å². The second-order valence-corrected chi connectivity index (χ2v) is 15.2. The van der Waals surface area contributed by atoms with Crippen molar-refractivity contribution in [3.05, 3.63) is 29.2 Å². The topological polar surface area (TPSA) is 119 Å². The molecule has 5 aliphatic carbocycles. The molecule has 6 rings (SSSR count). The van der Waals surface area contributed by atoms with Crippen molar-refractivity contribution in [3.8, 4) is 0 Å². The van der Waals surface area contributed by atoms with Crippen molar-refractivity contribution < 1.29 is 28.8 Å². The second-order valence-electron chi connectivity index (χ2n) is 15.2. The Kier molecular flexibility index (Phi) is 5.74.